The molecule has 3 aromatic rings. The van der Waals surface area contributed by atoms with Gasteiger partial charge in [0.05, 0.1) is 19.0 Å². The number of likely N-dealkylation sites (N-methyl/N-ethyl adjacent to an activating group) is 1. The van der Waals surface area contributed by atoms with Gasteiger partial charge in [-0.3, -0.25) is 14.4 Å². The summed E-state index contributed by atoms with van der Waals surface area (Å²) >= 11 is 0. The van der Waals surface area contributed by atoms with Gasteiger partial charge in [-0.1, -0.05) is 45.7 Å². The maximum atomic E-state index is 13.3. The number of nitrogens with zero attached hydrogens (tertiary/aromatic N) is 4. The van der Waals surface area contributed by atoms with Crippen LogP contribution in [-0.4, -0.2) is 72.0 Å². The number of carbonyl (C=O) groups is 4. The molecule has 56 heavy (non-hydrogen) atoms. The van der Waals surface area contributed by atoms with E-state index in [4.69, 9.17) is 14.5 Å². The lowest BCUT2D eigenvalue weighted by Crippen LogP contribution is -2.55. The number of ether oxygens (including phenoxy) is 2. The van der Waals surface area contributed by atoms with Gasteiger partial charge in [0.2, 0.25) is 17.8 Å². The number of carbonyl (C=O) groups excluding carboxylic acids is 4. The van der Waals surface area contributed by atoms with E-state index in [-0.39, 0.29) is 47.8 Å². The van der Waals surface area contributed by atoms with E-state index in [1.807, 2.05) is 45.0 Å². The molecule has 2 fully saturated rings. The Bertz CT molecular complexity index is 1860. The summed E-state index contributed by atoms with van der Waals surface area (Å²) in [7, 11) is 3.32. The van der Waals surface area contributed by atoms with Crippen LogP contribution in [0.3, 0.4) is 0 Å². The number of hydrogen-bond donors (Lipinski definition) is 3. The number of rotatable bonds is 16. The third kappa shape index (κ3) is 9.78. The summed E-state index contributed by atoms with van der Waals surface area (Å²) in [4.78, 5) is 65.5. The molecule has 2 atom stereocenters. The average Bonchev–Trinajstić information content (AvgIpc) is 3.92. The fourth-order valence-corrected chi connectivity index (χ4v) is 8.12. The number of methoxy groups -OCH3 is 1. The zero-order chi connectivity index (χ0) is 39.8. The molecule has 0 bridgehead atoms. The van der Waals surface area contributed by atoms with Crippen LogP contribution in [0.15, 0.2) is 48.7 Å². The van der Waals surface area contributed by atoms with Gasteiger partial charge < -0.3 is 35.2 Å². The first-order valence-electron chi connectivity index (χ1n) is 20.3. The van der Waals surface area contributed by atoms with Gasteiger partial charge >= 0.3 is 5.97 Å². The number of aryl methyl sites for hydroxylation is 1. The molecule has 2 saturated carbocycles. The number of aromatic nitrogens is 2. The highest BCUT2D eigenvalue weighted by molar-refractivity contribution is 6.05. The van der Waals surface area contributed by atoms with Crippen LogP contribution in [0.5, 0.6) is 5.75 Å². The summed E-state index contributed by atoms with van der Waals surface area (Å²) in [6, 6.07) is 12.1. The Labute approximate surface area is 330 Å². The summed E-state index contributed by atoms with van der Waals surface area (Å²) < 4.78 is 11.4. The molecule has 3 amide bonds. The lowest BCUT2D eigenvalue weighted by atomic mass is 10.0. The van der Waals surface area contributed by atoms with Crippen molar-refractivity contribution in [2.75, 3.05) is 34.6 Å². The van der Waals surface area contributed by atoms with Crippen molar-refractivity contribution in [3.8, 4) is 5.75 Å². The van der Waals surface area contributed by atoms with Crippen LogP contribution >= 0.6 is 0 Å². The van der Waals surface area contributed by atoms with Crippen LogP contribution < -0.4 is 30.5 Å². The van der Waals surface area contributed by atoms with E-state index in [1.54, 1.807) is 43.5 Å². The number of anilines is 5. The monoisotopic (exact) mass is 767 g/mol. The standard InChI is InChI=1S/C43H57N7O6/c1-6-35-41(53)49(4)36-26-44-43(48-39(36)50(35)31-13-7-8-14-31)47-33-23-20-29(25-37(33)55-5)40(52)45-30-21-18-28(19-22-30)12-11-17-38(51)46-34(24-27(2)3)42(54)56-32-15-9-10-16-32/h18-23,25-27,31-32,34-35H,6-17,24H2,1-5H3,(H,45,52)(H,46,51)(H,44,47,48)/t34-,35+/m0/s1. The Morgan fingerprint density at radius 3 is 2.38 bits per heavy atom. The second-order valence-electron chi connectivity index (χ2n) is 15.7. The van der Waals surface area contributed by atoms with Gasteiger partial charge in [0.1, 0.15) is 29.6 Å². The SMILES string of the molecule is CC[C@@H]1C(=O)N(C)c2cnc(Nc3ccc(C(=O)Nc4ccc(CCCC(=O)N[C@@H](CC(C)C)C(=O)OC5CCCC5)cc4)cc3OC)nc2N1C1CCCC1. The lowest BCUT2D eigenvalue weighted by molar-refractivity contribution is -0.153. The first kappa shape index (κ1) is 40.5. The van der Waals surface area contributed by atoms with E-state index >= 15 is 0 Å². The van der Waals surface area contributed by atoms with Crippen molar-refractivity contribution in [2.45, 2.75) is 128 Å². The Morgan fingerprint density at radius 2 is 1.70 bits per heavy atom. The molecule has 0 saturated heterocycles. The van der Waals surface area contributed by atoms with E-state index in [0.717, 1.165) is 62.7 Å². The van der Waals surface area contributed by atoms with E-state index in [9.17, 15) is 19.2 Å². The second kappa shape index (κ2) is 18.6. The van der Waals surface area contributed by atoms with Crippen molar-refractivity contribution in [3.63, 3.8) is 0 Å². The highest BCUT2D eigenvalue weighted by atomic mass is 16.5. The normalized spacial score (nSPS) is 17.8. The summed E-state index contributed by atoms with van der Waals surface area (Å²) in [6.07, 6.45) is 12.8. The van der Waals surface area contributed by atoms with Gasteiger partial charge in [-0.2, -0.15) is 4.98 Å². The molecule has 2 aliphatic carbocycles. The molecule has 13 nitrogen and oxygen atoms in total. The van der Waals surface area contributed by atoms with Crippen LogP contribution in [0, 0.1) is 5.92 Å². The number of benzene rings is 2. The highest BCUT2D eigenvalue weighted by Crippen LogP contribution is 2.40. The van der Waals surface area contributed by atoms with Gasteiger partial charge in [-0.05, 0) is 106 Å². The minimum atomic E-state index is -0.626. The predicted molar refractivity (Wildman–Crippen MR) is 218 cm³/mol. The largest absolute Gasteiger partial charge is 0.495 e. The molecule has 2 aromatic carbocycles. The van der Waals surface area contributed by atoms with Crippen LogP contribution in [0.1, 0.15) is 114 Å². The van der Waals surface area contributed by atoms with E-state index in [2.05, 4.69) is 25.8 Å². The molecular weight excluding hydrogens is 711 g/mol. The minimum absolute atomic E-state index is 0.0328. The maximum absolute atomic E-state index is 13.3. The quantitative estimate of drug-likeness (QED) is 0.126. The minimum Gasteiger partial charge on any atom is -0.495 e. The van der Waals surface area contributed by atoms with E-state index < -0.39 is 6.04 Å². The molecule has 2 heterocycles. The zero-order valence-electron chi connectivity index (χ0n) is 33.4. The van der Waals surface area contributed by atoms with Gasteiger partial charge in [0, 0.05) is 30.8 Å². The summed E-state index contributed by atoms with van der Waals surface area (Å²) in [5, 5.41) is 9.13. The average molecular weight is 768 g/mol. The zero-order valence-corrected chi connectivity index (χ0v) is 33.4. The lowest BCUT2D eigenvalue weighted by Gasteiger charge is -2.43. The summed E-state index contributed by atoms with van der Waals surface area (Å²) in [6.45, 7) is 6.10. The summed E-state index contributed by atoms with van der Waals surface area (Å²) in [5.74, 6) is 1.10. The first-order valence-corrected chi connectivity index (χ1v) is 20.3. The molecule has 0 radical (unpaired) electrons. The van der Waals surface area contributed by atoms with E-state index in [1.165, 1.54) is 0 Å². The van der Waals surface area contributed by atoms with E-state index in [0.29, 0.717) is 66.4 Å². The molecule has 300 valence electrons. The molecule has 6 rings (SSSR count). The predicted octanol–water partition coefficient (Wildman–Crippen LogP) is 7.32. The Morgan fingerprint density at radius 1 is 0.982 bits per heavy atom. The van der Waals surface area contributed by atoms with Crippen LogP contribution in [0.2, 0.25) is 0 Å². The van der Waals surface area contributed by atoms with Gasteiger partial charge in [-0.25, -0.2) is 9.78 Å². The molecule has 3 N–H and O–H groups in total. The third-order valence-corrected chi connectivity index (χ3v) is 11.1. The van der Waals surface area contributed by atoms with Crippen molar-refractivity contribution in [1.29, 1.82) is 0 Å². The maximum Gasteiger partial charge on any atom is 0.328 e. The third-order valence-electron chi connectivity index (χ3n) is 11.1. The van der Waals surface area contributed by atoms with Crippen LogP contribution in [0.25, 0.3) is 0 Å². The molecule has 1 aliphatic heterocycles. The summed E-state index contributed by atoms with van der Waals surface area (Å²) in [5.41, 5.74) is 3.37. The highest BCUT2D eigenvalue weighted by Gasteiger charge is 2.41. The second-order valence-corrected chi connectivity index (χ2v) is 15.7. The van der Waals surface area contributed by atoms with Gasteiger partial charge in [0.25, 0.3) is 5.91 Å². The number of amides is 3. The molecule has 0 unspecified atom stereocenters. The first-order chi connectivity index (χ1) is 27.0. The number of fused-ring (bicyclic) bond motifs is 1. The topological polar surface area (TPSA) is 155 Å². The Kier molecular flexibility index (Phi) is 13.5. The Hall–Kier alpha value is -5.20. The van der Waals surface area contributed by atoms with Crippen molar-refractivity contribution in [2.24, 2.45) is 5.92 Å². The number of esters is 1. The van der Waals surface area contributed by atoms with Crippen molar-refractivity contribution >= 4 is 52.5 Å². The molecule has 1 aromatic heterocycles. The van der Waals surface area contributed by atoms with Crippen molar-refractivity contribution < 1.29 is 28.7 Å². The number of hydrogen-bond acceptors (Lipinski definition) is 10. The van der Waals surface area contributed by atoms with Crippen molar-refractivity contribution in [3.05, 3.63) is 59.8 Å². The van der Waals surface area contributed by atoms with Crippen molar-refractivity contribution in [1.82, 2.24) is 15.3 Å². The fourth-order valence-electron chi connectivity index (χ4n) is 8.12. The number of nitrogens with one attached hydrogen (secondary N) is 3. The fraction of sp³-hybridized carbons (Fsp3) is 0.535. The smallest absolute Gasteiger partial charge is 0.328 e. The molecule has 3 aliphatic rings. The van der Waals surface area contributed by atoms with Crippen LogP contribution in [0.4, 0.5) is 28.8 Å². The van der Waals surface area contributed by atoms with Crippen LogP contribution in [-0.2, 0) is 25.5 Å². The molecular formula is C43H57N7O6. The van der Waals surface area contributed by atoms with Gasteiger partial charge in [0.15, 0.2) is 5.82 Å². The Balaban J connectivity index is 1.03. The van der Waals surface area contributed by atoms with Gasteiger partial charge in [-0.15, -0.1) is 0 Å². The molecule has 0 spiro atoms. The molecule has 13 heteroatoms.